The number of rotatable bonds is 8. The van der Waals surface area contributed by atoms with Gasteiger partial charge in [0.05, 0.1) is 12.3 Å². The Balaban J connectivity index is 2.02. The maximum absolute atomic E-state index is 5.29. The highest BCUT2D eigenvalue weighted by molar-refractivity contribution is 7.15. The molecule has 20 heavy (non-hydrogen) atoms. The monoisotopic (exact) mass is 297 g/mol. The van der Waals surface area contributed by atoms with Gasteiger partial charge in [-0.2, -0.15) is 0 Å². The first-order valence-electron chi connectivity index (χ1n) is 7.53. The largest absolute Gasteiger partial charge is 0.378 e. The molecule has 1 fully saturated rings. The van der Waals surface area contributed by atoms with Gasteiger partial charge in [-0.15, -0.1) is 11.3 Å². The van der Waals surface area contributed by atoms with Crippen molar-refractivity contribution < 1.29 is 4.74 Å². The van der Waals surface area contributed by atoms with E-state index in [0.717, 1.165) is 23.9 Å². The predicted molar refractivity (Wildman–Crippen MR) is 85.4 cm³/mol. The molecule has 4 nitrogen and oxygen atoms in total. The van der Waals surface area contributed by atoms with E-state index >= 15 is 0 Å². The maximum atomic E-state index is 5.29. The van der Waals surface area contributed by atoms with Crippen LogP contribution in [0.3, 0.4) is 0 Å². The molecular formula is C15H27N3OS. The summed E-state index contributed by atoms with van der Waals surface area (Å²) in [7, 11) is 3.91. The molecule has 0 atom stereocenters. The third-order valence-corrected chi connectivity index (χ3v) is 5.00. The van der Waals surface area contributed by atoms with Gasteiger partial charge in [0.2, 0.25) is 0 Å². The Hall–Kier alpha value is -0.650. The van der Waals surface area contributed by atoms with Crippen LogP contribution in [0.15, 0.2) is 0 Å². The number of aromatic nitrogens is 1. The standard InChI is InChI=1S/C15H27N3OS/c1-11(2)8-16-9-14-13(10-19-4)17-15(20-14)18(3)12-6-5-7-12/h11-12,16H,5-10H2,1-4H3. The van der Waals surface area contributed by atoms with E-state index in [9.17, 15) is 0 Å². The summed E-state index contributed by atoms with van der Waals surface area (Å²) in [6.45, 7) is 7.00. The summed E-state index contributed by atoms with van der Waals surface area (Å²) in [5, 5.41) is 4.65. The van der Waals surface area contributed by atoms with Gasteiger partial charge in [-0.3, -0.25) is 0 Å². The minimum absolute atomic E-state index is 0.605. The van der Waals surface area contributed by atoms with Crippen LogP contribution >= 0.6 is 11.3 Å². The van der Waals surface area contributed by atoms with E-state index in [-0.39, 0.29) is 0 Å². The molecule has 0 bridgehead atoms. The summed E-state index contributed by atoms with van der Waals surface area (Å²) in [6, 6.07) is 0.688. The van der Waals surface area contributed by atoms with E-state index in [1.54, 1.807) is 7.11 Å². The number of nitrogens with one attached hydrogen (secondary N) is 1. The fourth-order valence-electron chi connectivity index (χ4n) is 2.31. The number of hydrogen-bond donors (Lipinski definition) is 1. The number of methoxy groups -OCH3 is 1. The van der Waals surface area contributed by atoms with Crippen molar-refractivity contribution >= 4 is 16.5 Å². The summed E-state index contributed by atoms with van der Waals surface area (Å²) < 4.78 is 5.29. The van der Waals surface area contributed by atoms with Gasteiger partial charge in [0.1, 0.15) is 0 Å². The Morgan fingerprint density at radius 1 is 1.45 bits per heavy atom. The van der Waals surface area contributed by atoms with Crippen LogP contribution in [0.2, 0.25) is 0 Å². The average Bonchev–Trinajstić information content (AvgIpc) is 2.70. The smallest absolute Gasteiger partial charge is 0.185 e. The third kappa shape index (κ3) is 3.93. The quantitative estimate of drug-likeness (QED) is 0.800. The minimum Gasteiger partial charge on any atom is -0.378 e. The van der Waals surface area contributed by atoms with Crippen molar-refractivity contribution in [2.45, 2.75) is 52.3 Å². The molecule has 5 heteroatoms. The van der Waals surface area contributed by atoms with Gasteiger partial charge in [0.25, 0.3) is 0 Å². The first-order chi connectivity index (χ1) is 9.61. The maximum Gasteiger partial charge on any atom is 0.185 e. The van der Waals surface area contributed by atoms with Crippen LogP contribution in [0.5, 0.6) is 0 Å². The minimum atomic E-state index is 0.605. The predicted octanol–water partition coefficient (Wildman–Crippen LogP) is 3.02. The Morgan fingerprint density at radius 2 is 2.20 bits per heavy atom. The average molecular weight is 297 g/mol. The lowest BCUT2D eigenvalue weighted by molar-refractivity contribution is 0.181. The Bertz CT molecular complexity index is 415. The van der Waals surface area contributed by atoms with Crippen LogP contribution in [-0.4, -0.2) is 31.7 Å². The van der Waals surface area contributed by atoms with Crippen LogP contribution in [0.4, 0.5) is 5.13 Å². The van der Waals surface area contributed by atoms with E-state index in [1.165, 1.54) is 24.1 Å². The van der Waals surface area contributed by atoms with Gasteiger partial charge >= 0.3 is 0 Å². The Kier molecular flexibility index (Phi) is 5.81. The second-order valence-corrected chi connectivity index (χ2v) is 7.08. The van der Waals surface area contributed by atoms with E-state index in [4.69, 9.17) is 9.72 Å². The Labute approximate surface area is 126 Å². The zero-order valence-electron chi connectivity index (χ0n) is 13.1. The number of ether oxygens (including phenoxy) is 1. The summed E-state index contributed by atoms with van der Waals surface area (Å²) >= 11 is 1.81. The molecule has 0 aliphatic heterocycles. The Morgan fingerprint density at radius 3 is 2.75 bits per heavy atom. The van der Waals surface area contributed by atoms with Crippen LogP contribution in [0.25, 0.3) is 0 Å². The first-order valence-corrected chi connectivity index (χ1v) is 8.34. The molecule has 0 radical (unpaired) electrons. The van der Waals surface area contributed by atoms with E-state index < -0.39 is 0 Å². The second kappa shape index (κ2) is 7.38. The molecule has 1 aliphatic rings. The lowest BCUT2D eigenvalue weighted by Gasteiger charge is -2.34. The highest BCUT2D eigenvalue weighted by atomic mass is 32.1. The van der Waals surface area contributed by atoms with E-state index in [0.29, 0.717) is 18.6 Å². The van der Waals surface area contributed by atoms with Crippen molar-refractivity contribution in [3.63, 3.8) is 0 Å². The highest BCUT2D eigenvalue weighted by Crippen LogP contribution is 2.32. The van der Waals surface area contributed by atoms with Crippen LogP contribution in [-0.2, 0) is 17.9 Å². The third-order valence-electron chi connectivity index (χ3n) is 3.81. The molecule has 1 saturated carbocycles. The van der Waals surface area contributed by atoms with E-state index in [2.05, 4.69) is 31.1 Å². The molecule has 0 amide bonds. The van der Waals surface area contributed by atoms with Crippen molar-refractivity contribution in [3.8, 4) is 0 Å². The first kappa shape index (κ1) is 15.7. The van der Waals surface area contributed by atoms with Crippen LogP contribution in [0, 0.1) is 5.92 Å². The van der Waals surface area contributed by atoms with Gasteiger partial charge in [-0.05, 0) is 31.7 Å². The van der Waals surface area contributed by atoms with Crippen LogP contribution in [0.1, 0.15) is 43.7 Å². The highest BCUT2D eigenvalue weighted by Gasteiger charge is 2.25. The van der Waals surface area contributed by atoms with Crippen molar-refractivity contribution in [1.82, 2.24) is 10.3 Å². The topological polar surface area (TPSA) is 37.4 Å². The van der Waals surface area contributed by atoms with Gasteiger partial charge in [0.15, 0.2) is 5.13 Å². The van der Waals surface area contributed by atoms with Gasteiger partial charge in [0, 0.05) is 31.6 Å². The summed E-state index contributed by atoms with van der Waals surface area (Å²) in [5.41, 5.74) is 1.09. The molecule has 2 rings (SSSR count). The summed E-state index contributed by atoms with van der Waals surface area (Å²) in [4.78, 5) is 8.44. The molecule has 114 valence electrons. The van der Waals surface area contributed by atoms with Crippen molar-refractivity contribution in [2.24, 2.45) is 5.92 Å². The molecule has 0 aromatic carbocycles. The number of hydrogen-bond acceptors (Lipinski definition) is 5. The molecule has 1 N–H and O–H groups in total. The second-order valence-electron chi connectivity index (χ2n) is 6.02. The van der Waals surface area contributed by atoms with Gasteiger partial charge in [-0.1, -0.05) is 13.8 Å². The molecule has 1 heterocycles. The fraction of sp³-hybridized carbons (Fsp3) is 0.800. The molecule has 0 unspecified atom stereocenters. The van der Waals surface area contributed by atoms with Crippen LogP contribution < -0.4 is 10.2 Å². The van der Waals surface area contributed by atoms with Crippen molar-refractivity contribution in [1.29, 1.82) is 0 Å². The summed E-state index contributed by atoms with van der Waals surface area (Å²) in [5.74, 6) is 0.672. The number of anilines is 1. The fourth-order valence-corrected chi connectivity index (χ4v) is 3.38. The van der Waals surface area contributed by atoms with Gasteiger partial charge in [-0.25, -0.2) is 4.98 Å². The lowest BCUT2D eigenvalue weighted by Crippen LogP contribution is -2.37. The molecule has 1 aliphatic carbocycles. The SMILES string of the molecule is COCc1nc(N(C)C2CCC2)sc1CNCC(C)C. The van der Waals surface area contributed by atoms with Crippen molar-refractivity contribution in [3.05, 3.63) is 10.6 Å². The molecular weight excluding hydrogens is 270 g/mol. The zero-order valence-corrected chi connectivity index (χ0v) is 13.9. The van der Waals surface area contributed by atoms with Gasteiger partial charge < -0.3 is 15.0 Å². The molecule has 1 aromatic heterocycles. The number of thiazole rings is 1. The number of nitrogens with zero attached hydrogens (tertiary/aromatic N) is 2. The molecule has 1 aromatic rings. The summed E-state index contributed by atoms with van der Waals surface area (Å²) in [6.07, 6.45) is 3.96. The molecule has 0 saturated heterocycles. The van der Waals surface area contributed by atoms with Crippen molar-refractivity contribution in [2.75, 3.05) is 25.6 Å². The zero-order chi connectivity index (χ0) is 14.5. The van der Waals surface area contributed by atoms with E-state index in [1.807, 2.05) is 11.3 Å². The lowest BCUT2D eigenvalue weighted by atomic mass is 9.92. The normalized spacial score (nSPS) is 15.7. The molecule has 0 spiro atoms.